The second-order valence-electron chi connectivity index (χ2n) is 3.46. The van der Waals surface area contributed by atoms with Crippen molar-refractivity contribution in [3.8, 4) is 0 Å². The lowest BCUT2D eigenvalue weighted by Crippen LogP contribution is -2.40. The van der Waals surface area contributed by atoms with Crippen molar-refractivity contribution in [2.24, 2.45) is 0 Å². The number of nitrogens with two attached hydrogens (primary N) is 1. The summed E-state index contributed by atoms with van der Waals surface area (Å²) >= 11 is 0. The molecule has 14 heavy (non-hydrogen) atoms. The van der Waals surface area contributed by atoms with Gasteiger partial charge in [0.2, 0.25) is 0 Å². The number of anilines is 1. The summed E-state index contributed by atoms with van der Waals surface area (Å²) in [6.45, 7) is 4.74. The van der Waals surface area contributed by atoms with Crippen molar-refractivity contribution < 1.29 is 0 Å². The maximum absolute atomic E-state index is 5.36. The average molecular weight is 193 g/mol. The monoisotopic (exact) mass is 193 g/mol. The fourth-order valence-corrected chi connectivity index (χ4v) is 1.23. The van der Waals surface area contributed by atoms with Crippen LogP contribution in [0.4, 0.5) is 5.69 Å². The molecule has 0 radical (unpaired) electrons. The third-order valence-electron chi connectivity index (χ3n) is 2.14. The normalized spacial score (nSPS) is 16.9. The smallest absolute Gasteiger partial charge is 0.0313 e. The second-order valence-corrected chi connectivity index (χ2v) is 3.46. The van der Waals surface area contributed by atoms with Gasteiger partial charge < -0.3 is 16.0 Å². The van der Waals surface area contributed by atoms with E-state index in [1.54, 1.807) is 0 Å². The minimum atomic E-state index is 0.822. The number of benzene rings is 1. The third kappa shape index (κ3) is 4.84. The van der Waals surface area contributed by atoms with Gasteiger partial charge in [0.05, 0.1) is 0 Å². The molecule has 78 valence electrons. The Bertz CT molecular complexity index is 230. The lowest BCUT2D eigenvalue weighted by molar-refractivity contribution is 0.291. The number of rotatable bonds is 0. The molecule has 3 heteroatoms. The Hall–Kier alpha value is -1.06. The number of nitrogens with one attached hydrogen (secondary N) is 1. The average Bonchev–Trinajstić information content (AvgIpc) is 2.21. The molecule has 1 heterocycles. The van der Waals surface area contributed by atoms with Crippen molar-refractivity contribution in [3.05, 3.63) is 30.3 Å². The molecule has 1 aliphatic heterocycles. The van der Waals surface area contributed by atoms with Crippen LogP contribution in [0.1, 0.15) is 0 Å². The zero-order valence-electron chi connectivity index (χ0n) is 8.74. The predicted octanol–water partition coefficient (Wildman–Crippen LogP) is 0.790. The highest BCUT2D eigenvalue weighted by Gasteiger charge is 2.01. The quantitative estimate of drug-likeness (QED) is 0.599. The van der Waals surface area contributed by atoms with Crippen LogP contribution in [0.2, 0.25) is 0 Å². The Morgan fingerprint density at radius 1 is 1.14 bits per heavy atom. The molecule has 0 saturated carbocycles. The molecule has 2 rings (SSSR count). The predicted molar refractivity (Wildman–Crippen MR) is 61.2 cm³/mol. The summed E-state index contributed by atoms with van der Waals surface area (Å²) in [6.07, 6.45) is 0. The number of para-hydroxylation sites is 1. The van der Waals surface area contributed by atoms with E-state index in [9.17, 15) is 0 Å². The number of hydrogen-bond donors (Lipinski definition) is 2. The molecule has 0 aromatic heterocycles. The molecule has 0 bridgehead atoms. The lowest BCUT2D eigenvalue weighted by atomic mass is 10.3. The van der Waals surface area contributed by atoms with Crippen LogP contribution in [0.25, 0.3) is 0 Å². The van der Waals surface area contributed by atoms with Crippen molar-refractivity contribution >= 4 is 5.69 Å². The van der Waals surface area contributed by atoms with Gasteiger partial charge in [-0.15, -0.1) is 0 Å². The van der Waals surface area contributed by atoms with Gasteiger partial charge in [0.25, 0.3) is 0 Å². The summed E-state index contributed by atoms with van der Waals surface area (Å²) in [5.74, 6) is 0. The van der Waals surface area contributed by atoms with Crippen molar-refractivity contribution in [1.29, 1.82) is 0 Å². The number of nitrogens with zero attached hydrogens (tertiary/aromatic N) is 1. The summed E-state index contributed by atoms with van der Waals surface area (Å²) < 4.78 is 0. The zero-order chi connectivity index (χ0) is 10.2. The molecule has 1 aromatic rings. The van der Waals surface area contributed by atoms with Crippen molar-refractivity contribution in [1.82, 2.24) is 10.2 Å². The van der Waals surface area contributed by atoms with E-state index in [1.165, 1.54) is 13.1 Å². The molecule has 0 atom stereocenters. The number of nitrogen functional groups attached to an aromatic ring is 1. The van der Waals surface area contributed by atoms with Crippen molar-refractivity contribution in [2.45, 2.75) is 0 Å². The minimum Gasteiger partial charge on any atom is -0.399 e. The Morgan fingerprint density at radius 2 is 1.71 bits per heavy atom. The standard InChI is InChI=1S/C6H7N.C5H12N2/c7-6-4-2-1-3-5-6;1-7-4-2-6-3-5-7/h1-5H,7H2;6H,2-5H2,1H3. The number of hydrogen-bond acceptors (Lipinski definition) is 3. The highest BCUT2D eigenvalue weighted by Crippen LogP contribution is 1.95. The maximum Gasteiger partial charge on any atom is 0.0313 e. The summed E-state index contributed by atoms with van der Waals surface area (Å²) in [5.41, 5.74) is 6.18. The van der Waals surface area contributed by atoms with Gasteiger partial charge in [-0.1, -0.05) is 18.2 Å². The Balaban J connectivity index is 0.000000140. The van der Waals surface area contributed by atoms with E-state index in [0.29, 0.717) is 0 Å². The van der Waals surface area contributed by atoms with Gasteiger partial charge in [0, 0.05) is 31.9 Å². The highest BCUT2D eigenvalue weighted by atomic mass is 15.2. The number of likely N-dealkylation sites (N-methyl/N-ethyl adjacent to an activating group) is 1. The van der Waals surface area contributed by atoms with Gasteiger partial charge in [-0.3, -0.25) is 0 Å². The molecule has 1 aromatic carbocycles. The SMILES string of the molecule is CN1CCNCC1.Nc1ccccc1. The van der Waals surface area contributed by atoms with Gasteiger partial charge in [0.1, 0.15) is 0 Å². The van der Waals surface area contributed by atoms with Gasteiger partial charge in [-0.05, 0) is 19.2 Å². The van der Waals surface area contributed by atoms with E-state index in [4.69, 9.17) is 5.73 Å². The summed E-state index contributed by atoms with van der Waals surface area (Å²) in [5, 5.41) is 3.27. The van der Waals surface area contributed by atoms with Crippen LogP contribution >= 0.6 is 0 Å². The fourth-order valence-electron chi connectivity index (χ4n) is 1.23. The van der Waals surface area contributed by atoms with E-state index >= 15 is 0 Å². The topological polar surface area (TPSA) is 41.3 Å². The van der Waals surface area contributed by atoms with Gasteiger partial charge in [0.15, 0.2) is 0 Å². The van der Waals surface area contributed by atoms with E-state index in [2.05, 4.69) is 17.3 Å². The first-order valence-electron chi connectivity index (χ1n) is 4.99. The molecule has 1 saturated heterocycles. The largest absolute Gasteiger partial charge is 0.399 e. The summed E-state index contributed by atoms with van der Waals surface area (Å²) in [4.78, 5) is 2.33. The third-order valence-corrected chi connectivity index (χ3v) is 2.14. The molecule has 1 fully saturated rings. The van der Waals surface area contributed by atoms with Crippen LogP contribution in [-0.4, -0.2) is 38.1 Å². The molecule has 0 aliphatic carbocycles. The van der Waals surface area contributed by atoms with Crippen LogP contribution in [0, 0.1) is 0 Å². The molecule has 3 N–H and O–H groups in total. The molecule has 3 nitrogen and oxygen atoms in total. The molecule has 0 unspecified atom stereocenters. The van der Waals surface area contributed by atoms with Crippen LogP contribution in [0.3, 0.4) is 0 Å². The first-order chi connectivity index (χ1) is 6.79. The molecule has 1 aliphatic rings. The van der Waals surface area contributed by atoms with E-state index in [-0.39, 0.29) is 0 Å². The highest BCUT2D eigenvalue weighted by molar-refractivity contribution is 5.35. The van der Waals surface area contributed by atoms with Crippen LogP contribution < -0.4 is 11.1 Å². The maximum atomic E-state index is 5.36. The van der Waals surface area contributed by atoms with E-state index in [0.717, 1.165) is 18.8 Å². The minimum absolute atomic E-state index is 0.822. The Labute approximate surface area is 85.9 Å². The van der Waals surface area contributed by atoms with Crippen molar-refractivity contribution in [2.75, 3.05) is 39.0 Å². The van der Waals surface area contributed by atoms with Crippen LogP contribution in [-0.2, 0) is 0 Å². The van der Waals surface area contributed by atoms with Gasteiger partial charge in [-0.2, -0.15) is 0 Å². The van der Waals surface area contributed by atoms with Crippen LogP contribution in [0.5, 0.6) is 0 Å². The Kier molecular flexibility index (Phi) is 5.04. The van der Waals surface area contributed by atoms with Gasteiger partial charge in [-0.25, -0.2) is 0 Å². The Morgan fingerprint density at radius 3 is 2.00 bits per heavy atom. The number of piperazine rings is 1. The summed E-state index contributed by atoms with van der Waals surface area (Å²) in [7, 11) is 2.15. The molecule has 0 amide bonds. The first kappa shape index (κ1) is 11.0. The van der Waals surface area contributed by atoms with Crippen molar-refractivity contribution in [3.63, 3.8) is 0 Å². The van der Waals surface area contributed by atoms with Gasteiger partial charge >= 0.3 is 0 Å². The molecular weight excluding hydrogens is 174 g/mol. The lowest BCUT2D eigenvalue weighted by Gasteiger charge is -2.21. The zero-order valence-corrected chi connectivity index (χ0v) is 8.74. The van der Waals surface area contributed by atoms with E-state index in [1.807, 2.05) is 30.3 Å². The van der Waals surface area contributed by atoms with Crippen LogP contribution in [0.15, 0.2) is 30.3 Å². The molecule has 0 spiro atoms. The second kappa shape index (κ2) is 6.40. The summed E-state index contributed by atoms with van der Waals surface area (Å²) in [6, 6.07) is 9.49. The van der Waals surface area contributed by atoms with E-state index < -0.39 is 0 Å². The molecular formula is C11H19N3. The fraction of sp³-hybridized carbons (Fsp3) is 0.455. The first-order valence-corrected chi connectivity index (χ1v) is 4.99.